The van der Waals surface area contributed by atoms with Crippen LogP contribution in [0.3, 0.4) is 0 Å². The molecule has 2 aliphatic rings. The molecular formula is C14H28N2O. The van der Waals surface area contributed by atoms with E-state index in [2.05, 4.69) is 23.6 Å². The van der Waals surface area contributed by atoms with Crippen LogP contribution in [0.25, 0.3) is 0 Å². The lowest BCUT2D eigenvalue weighted by molar-refractivity contribution is 0.0422. The monoisotopic (exact) mass is 240 g/mol. The van der Waals surface area contributed by atoms with E-state index in [0.717, 1.165) is 6.54 Å². The van der Waals surface area contributed by atoms with Crippen LogP contribution in [0.1, 0.15) is 39.5 Å². The molecule has 0 radical (unpaired) electrons. The summed E-state index contributed by atoms with van der Waals surface area (Å²) in [4.78, 5) is 5.12. The van der Waals surface area contributed by atoms with Gasteiger partial charge in [-0.15, -0.1) is 0 Å². The number of hydrogen-bond donors (Lipinski definition) is 1. The van der Waals surface area contributed by atoms with Gasteiger partial charge in [0.1, 0.15) is 0 Å². The Morgan fingerprint density at radius 1 is 1.06 bits per heavy atom. The average Bonchev–Trinajstić information content (AvgIpc) is 2.79. The van der Waals surface area contributed by atoms with Gasteiger partial charge in [-0.25, -0.2) is 0 Å². The second kappa shape index (κ2) is 5.68. The van der Waals surface area contributed by atoms with Gasteiger partial charge in [0, 0.05) is 50.8 Å². The number of nitrogens with zero attached hydrogens (tertiary/aromatic N) is 2. The molecule has 3 nitrogen and oxygen atoms in total. The van der Waals surface area contributed by atoms with Gasteiger partial charge in [0.05, 0.1) is 0 Å². The summed E-state index contributed by atoms with van der Waals surface area (Å²) in [5.74, 6) is 0. The molecule has 17 heavy (non-hydrogen) atoms. The average molecular weight is 240 g/mol. The summed E-state index contributed by atoms with van der Waals surface area (Å²) in [6.07, 6.45) is 5.08. The van der Waals surface area contributed by atoms with Gasteiger partial charge in [-0.3, -0.25) is 4.90 Å². The van der Waals surface area contributed by atoms with Crippen LogP contribution in [0.5, 0.6) is 0 Å². The molecule has 0 aromatic rings. The van der Waals surface area contributed by atoms with Gasteiger partial charge in [-0.2, -0.15) is 0 Å². The molecule has 1 aliphatic carbocycles. The van der Waals surface area contributed by atoms with Crippen LogP contribution >= 0.6 is 0 Å². The van der Waals surface area contributed by atoms with Crippen molar-refractivity contribution in [1.82, 2.24) is 9.80 Å². The predicted octanol–water partition coefficient (Wildman–Crippen LogP) is 1.57. The minimum Gasteiger partial charge on any atom is -0.396 e. The van der Waals surface area contributed by atoms with Gasteiger partial charge < -0.3 is 10.0 Å². The molecule has 3 heteroatoms. The quantitative estimate of drug-likeness (QED) is 0.808. The Bertz CT molecular complexity index is 228. The molecule has 1 heterocycles. The molecule has 2 fully saturated rings. The molecule has 0 amide bonds. The molecule has 1 saturated carbocycles. The van der Waals surface area contributed by atoms with Crippen molar-refractivity contribution in [2.75, 3.05) is 39.3 Å². The number of hydrogen-bond acceptors (Lipinski definition) is 3. The normalized spacial score (nSPS) is 26.8. The van der Waals surface area contributed by atoms with E-state index in [1.165, 1.54) is 51.9 Å². The SMILES string of the molecule is CC(C)N1CCN(CC2(CO)CCCC2)CC1. The molecule has 0 atom stereocenters. The second-order valence-electron chi connectivity index (χ2n) is 6.27. The molecule has 0 bridgehead atoms. The third kappa shape index (κ3) is 3.21. The van der Waals surface area contributed by atoms with Crippen LogP contribution in [0.15, 0.2) is 0 Å². The van der Waals surface area contributed by atoms with Crippen LogP contribution in [0.2, 0.25) is 0 Å². The topological polar surface area (TPSA) is 26.7 Å². The van der Waals surface area contributed by atoms with Crippen LogP contribution in [-0.2, 0) is 0 Å². The molecule has 1 saturated heterocycles. The third-order valence-corrected chi connectivity index (χ3v) is 4.70. The Morgan fingerprint density at radius 2 is 1.65 bits per heavy atom. The van der Waals surface area contributed by atoms with Crippen LogP contribution in [-0.4, -0.2) is 60.3 Å². The first-order valence-electron chi connectivity index (χ1n) is 7.22. The van der Waals surface area contributed by atoms with Gasteiger partial charge in [0.25, 0.3) is 0 Å². The largest absolute Gasteiger partial charge is 0.396 e. The zero-order chi connectivity index (χ0) is 12.3. The van der Waals surface area contributed by atoms with Crippen LogP contribution in [0.4, 0.5) is 0 Å². The molecule has 1 N–H and O–H groups in total. The third-order valence-electron chi connectivity index (χ3n) is 4.70. The van der Waals surface area contributed by atoms with E-state index in [4.69, 9.17) is 0 Å². The van der Waals surface area contributed by atoms with Gasteiger partial charge in [0.15, 0.2) is 0 Å². The molecule has 2 rings (SSSR count). The fourth-order valence-electron chi connectivity index (χ4n) is 3.40. The van der Waals surface area contributed by atoms with Gasteiger partial charge in [-0.1, -0.05) is 12.8 Å². The predicted molar refractivity (Wildman–Crippen MR) is 71.1 cm³/mol. The maximum atomic E-state index is 9.65. The second-order valence-corrected chi connectivity index (χ2v) is 6.27. The zero-order valence-corrected chi connectivity index (χ0v) is 11.5. The number of aliphatic hydroxyl groups excluding tert-OH is 1. The summed E-state index contributed by atoms with van der Waals surface area (Å²) >= 11 is 0. The maximum Gasteiger partial charge on any atom is 0.0499 e. The van der Waals surface area contributed by atoms with Crippen molar-refractivity contribution in [3.05, 3.63) is 0 Å². The van der Waals surface area contributed by atoms with E-state index < -0.39 is 0 Å². The first-order chi connectivity index (χ1) is 8.15. The highest BCUT2D eigenvalue weighted by atomic mass is 16.3. The van der Waals surface area contributed by atoms with E-state index >= 15 is 0 Å². The summed E-state index contributed by atoms with van der Waals surface area (Å²) < 4.78 is 0. The summed E-state index contributed by atoms with van der Waals surface area (Å²) in [6.45, 7) is 10.8. The highest BCUT2D eigenvalue weighted by Gasteiger charge is 2.35. The molecule has 0 spiro atoms. The van der Waals surface area contributed by atoms with Gasteiger partial charge in [-0.05, 0) is 26.7 Å². The highest BCUT2D eigenvalue weighted by molar-refractivity contribution is 4.88. The molecule has 0 aromatic carbocycles. The fourth-order valence-corrected chi connectivity index (χ4v) is 3.40. The number of rotatable bonds is 4. The lowest BCUT2D eigenvalue weighted by atomic mass is 9.86. The van der Waals surface area contributed by atoms with Crippen LogP contribution < -0.4 is 0 Å². The minimum atomic E-state index is 0.236. The Morgan fingerprint density at radius 3 is 2.12 bits per heavy atom. The van der Waals surface area contributed by atoms with E-state index in [1.807, 2.05) is 0 Å². The summed E-state index contributed by atoms with van der Waals surface area (Å²) in [6, 6.07) is 0.676. The van der Waals surface area contributed by atoms with Crippen molar-refractivity contribution in [1.29, 1.82) is 0 Å². The van der Waals surface area contributed by atoms with Crippen molar-refractivity contribution in [2.45, 2.75) is 45.6 Å². The summed E-state index contributed by atoms with van der Waals surface area (Å²) in [7, 11) is 0. The molecule has 0 aromatic heterocycles. The zero-order valence-electron chi connectivity index (χ0n) is 11.5. The summed E-state index contributed by atoms with van der Waals surface area (Å²) in [5, 5.41) is 9.65. The van der Waals surface area contributed by atoms with Crippen LogP contribution in [0, 0.1) is 5.41 Å². The molecular weight excluding hydrogens is 212 g/mol. The van der Waals surface area contributed by atoms with Crippen molar-refractivity contribution < 1.29 is 5.11 Å². The van der Waals surface area contributed by atoms with E-state index in [-0.39, 0.29) is 5.41 Å². The Hall–Kier alpha value is -0.120. The Kier molecular flexibility index (Phi) is 4.45. The summed E-state index contributed by atoms with van der Waals surface area (Å²) in [5.41, 5.74) is 0.236. The lowest BCUT2D eigenvalue weighted by Crippen LogP contribution is -2.51. The lowest BCUT2D eigenvalue weighted by Gasteiger charge is -2.41. The molecule has 100 valence electrons. The van der Waals surface area contributed by atoms with Gasteiger partial charge >= 0.3 is 0 Å². The first-order valence-corrected chi connectivity index (χ1v) is 7.22. The van der Waals surface area contributed by atoms with E-state index in [1.54, 1.807) is 0 Å². The smallest absolute Gasteiger partial charge is 0.0499 e. The van der Waals surface area contributed by atoms with Crippen molar-refractivity contribution in [3.63, 3.8) is 0 Å². The van der Waals surface area contributed by atoms with Crippen molar-refractivity contribution in [2.24, 2.45) is 5.41 Å². The van der Waals surface area contributed by atoms with Crippen molar-refractivity contribution >= 4 is 0 Å². The number of piperazine rings is 1. The Labute approximate surface area is 106 Å². The first kappa shape index (κ1) is 13.3. The number of aliphatic hydroxyl groups is 1. The van der Waals surface area contributed by atoms with Crippen molar-refractivity contribution in [3.8, 4) is 0 Å². The standard InChI is InChI=1S/C14H28N2O/c1-13(2)16-9-7-15(8-10-16)11-14(12-17)5-3-4-6-14/h13,17H,3-12H2,1-2H3. The van der Waals surface area contributed by atoms with E-state index in [0.29, 0.717) is 12.6 Å². The minimum absolute atomic E-state index is 0.236. The van der Waals surface area contributed by atoms with E-state index in [9.17, 15) is 5.11 Å². The highest BCUT2D eigenvalue weighted by Crippen LogP contribution is 2.38. The Balaban J connectivity index is 1.81. The fraction of sp³-hybridized carbons (Fsp3) is 1.00. The van der Waals surface area contributed by atoms with Gasteiger partial charge in [0.2, 0.25) is 0 Å². The molecule has 1 aliphatic heterocycles. The molecule has 0 unspecified atom stereocenters. The maximum absolute atomic E-state index is 9.65.